The van der Waals surface area contributed by atoms with Gasteiger partial charge in [0.15, 0.2) is 0 Å². The number of rotatable bonds is 1. The third-order valence-corrected chi connectivity index (χ3v) is 5.55. The summed E-state index contributed by atoms with van der Waals surface area (Å²) in [7, 11) is 1.01. The Kier molecular flexibility index (Phi) is 2.92. The lowest BCUT2D eigenvalue weighted by molar-refractivity contribution is 0.408. The van der Waals surface area contributed by atoms with Gasteiger partial charge in [-0.25, -0.2) is 0 Å². The highest BCUT2D eigenvalue weighted by atomic mass is 32.2. The number of aryl methyl sites for hydroxylation is 1. The Balaban J connectivity index is 2.01. The van der Waals surface area contributed by atoms with Crippen molar-refractivity contribution in [2.45, 2.75) is 24.1 Å². The van der Waals surface area contributed by atoms with Gasteiger partial charge in [0, 0.05) is 29.1 Å². The van der Waals surface area contributed by atoms with Crippen molar-refractivity contribution >= 4 is 10.8 Å². The molecule has 92 valence electrons. The molecule has 3 atom stereocenters. The number of nitrogens with one attached hydrogen (secondary N) is 1. The number of hydrogen-bond donors (Lipinski definition) is 1. The average Bonchev–Trinajstić information content (AvgIpc) is 2.38. The normalized spacial score (nSPS) is 31.5. The van der Waals surface area contributed by atoms with Crippen molar-refractivity contribution in [1.29, 1.82) is 0 Å². The van der Waals surface area contributed by atoms with Crippen LogP contribution in [0.25, 0.3) is 0 Å². The highest BCUT2D eigenvalue weighted by Crippen LogP contribution is 2.36. The molecule has 2 aliphatic rings. The molecule has 1 N–H and O–H groups in total. The molecule has 1 aliphatic carbocycles. The van der Waals surface area contributed by atoms with Gasteiger partial charge in [-0.15, -0.1) is 0 Å². The first-order valence-electron chi connectivity index (χ1n) is 6.07. The van der Waals surface area contributed by atoms with Crippen LogP contribution in [0.4, 0.5) is 0 Å². The molecule has 0 amide bonds. The summed E-state index contributed by atoms with van der Waals surface area (Å²) in [5.41, 5.74) is 2.66. The molecular weight excluding hydrogens is 234 g/mol. The third kappa shape index (κ3) is 1.89. The Morgan fingerprint density at radius 3 is 3.18 bits per heavy atom. The van der Waals surface area contributed by atoms with Crippen LogP contribution in [0.2, 0.25) is 0 Å². The summed E-state index contributed by atoms with van der Waals surface area (Å²) in [6.45, 7) is 0.852. The highest BCUT2D eigenvalue weighted by molar-refractivity contribution is 7.85. The molecule has 3 nitrogen and oxygen atoms in total. The van der Waals surface area contributed by atoms with E-state index in [1.54, 1.807) is 7.11 Å². The van der Waals surface area contributed by atoms with Crippen molar-refractivity contribution in [3.05, 3.63) is 29.3 Å². The van der Waals surface area contributed by atoms with E-state index in [1.807, 2.05) is 6.07 Å². The standard InChI is InChI=1S/C13H17NO2S/c1-16-10-4-2-9-3-5-12-13(11(9)8-10)14-6-7-17(12)15/h2,4,8,12-14H,3,5-7H2,1H3. The topological polar surface area (TPSA) is 38.3 Å². The van der Waals surface area contributed by atoms with Crippen LogP contribution in [0.1, 0.15) is 23.6 Å². The molecule has 1 saturated heterocycles. The van der Waals surface area contributed by atoms with E-state index >= 15 is 0 Å². The van der Waals surface area contributed by atoms with E-state index in [9.17, 15) is 4.21 Å². The van der Waals surface area contributed by atoms with Gasteiger partial charge >= 0.3 is 0 Å². The summed E-state index contributed by atoms with van der Waals surface area (Å²) < 4.78 is 17.3. The lowest BCUT2D eigenvalue weighted by Crippen LogP contribution is -2.46. The van der Waals surface area contributed by atoms with Crippen LogP contribution in [0, 0.1) is 0 Å². The Labute approximate surface area is 104 Å². The maximum atomic E-state index is 12.0. The van der Waals surface area contributed by atoms with Crippen LogP contribution in [-0.4, -0.2) is 28.9 Å². The Hall–Kier alpha value is -0.870. The fourth-order valence-corrected chi connectivity index (χ4v) is 4.42. The number of fused-ring (bicyclic) bond motifs is 3. The number of benzene rings is 1. The second kappa shape index (κ2) is 4.42. The van der Waals surface area contributed by atoms with E-state index in [0.717, 1.165) is 30.9 Å². The van der Waals surface area contributed by atoms with Crippen molar-refractivity contribution in [2.75, 3.05) is 19.4 Å². The molecule has 1 aromatic rings. The summed E-state index contributed by atoms with van der Waals surface area (Å²) in [5, 5.41) is 3.79. The van der Waals surface area contributed by atoms with Gasteiger partial charge in [0.1, 0.15) is 5.75 Å². The Morgan fingerprint density at radius 1 is 1.47 bits per heavy atom. The monoisotopic (exact) mass is 251 g/mol. The largest absolute Gasteiger partial charge is 0.497 e. The van der Waals surface area contributed by atoms with Crippen LogP contribution < -0.4 is 10.1 Å². The minimum absolute atomic E-state index is 0.253. The molecule has 1 aromatic carbocycles. The van der Waals surface area contributed by atoms with E-state index in [-0.39, 0.29) is 11.3 Å². The zero-order chi connectivity index (χ0) is 11.8. The molecule has 0 spiro atoms. The molecule has 1 aliphatic heterocycles. The maximum Gasteiger partial charge on any atom is 0.119 e. The fourth-order valence-electron chi connectivity index (χ4n) is 2.87. The molecule has 3 rings (SSSR count). The maximum absolute atomic E-state index is 12.0. The molecule has 17 heavy (non-hydrogen) atoms. The van der Waals surface area contributed by atoms with Crippen molar-refractivity contribution < 1.29 is 8.95 Å². The average molecular weight is 251 g/mol. The van der Waals surface area contributed by atoms with Gasteiger partial charge in [-0.05, 0) is 36.1 Å². The molecule has 0 aromatic heterocycles. The van der Waals surface area contributed by atoms with Gasteiger partial charge in [-0.3, -0.25) is 4.21 Å². The Bertz CT molecular complexity index is 461. The molecular formula is C13H17NO2S. The quantitative estimate of drug-likeness (QED) is 0.820. The zero-order valence-electron chi connectivity index (χ0n) is 9.94. The van der Waals surface area contributed by atoms with Gasteiger partial charge in [-0.1, -0.05) is 6.07 Å². The second-order valence-electron chi connectivity index (χ2n) is 4.66. The van der Waals surface area contributed by atoms with Crippen molar-refractivity contribution in [2.24, 2.45) is 0 Å². The fraction of sp³-hybridized carbons (Fsp3) is 0.538. The summed E-state index contributed by atoms with van der Waals surface area (Å²) >= 11 is 0. The minimum atomic E-state index is -0.676. The summed E-state index contributed by atoms with van der Waals surface area (Å²) in [6.07, 6.45) is 2.07. The smallest absolute Gasteiger partial charge is 0.119 e. The van der Waals surface area contributed by atoms with Crippen molar-refractivity contribution in [3.8, 4) is 5.75 Å². The van der Waals surface area contributed by atoms with Crippen LogP contribution in [-0.2, 0) is 17.2 Å². The third-order valence-electron chi connectivity index (χ3n) is 3.76. The van der Waals surface area contributed by atoms with E-state index in [4.69, 9.17) is 4.74 Å². The number of methoxy groups -OCH3 is 1. The minimum Gasteiger partial charge on any atom is -0.497 e. The summed E-state index contributed by atoms with van der Waals surface area (Å²) in [4.78, 5) is 0. The number of ether oxygens (including phenoxy) is 1. The summed E-state index contributed by atoms with van der Waals surface area (Å²) in [6, 6.07) is 6.51. The van der Waals surface area contributed by atoms with Crippen LogP contribution >= 0.6 is 0 Å². The second-order valence-corrected chi connectivity index (χ2v) is 6.43. The first kappa shape index (κ1) is 11.2. The first-order chi connectivity index (χ1) is 8.29. The predicted octanol–water partition coefficient (Wildman–Crippen LogP) is 1.40. The predicted molar refractivity (Wildman–Crippen MR) is 68.9 cm³/mol. The van der Waals surface area contributed by atoms with Gasteiger partial charge in [0.2, 0.25) is 0 Å². The van der Waals surface area contributed by atoms with Gasteiger partial charge in [0.05, 0.1) is 12.4 Å². The molecule has 0 radical (unpaired) electrons. The molecule has 0 bridgehead atoms. The van der Waals surface area contributed by atoms with E-state index < -0.39 is 10.8 Å². The summed E-state index contributed by atoms with van der Waals surface area (Å²) in [5.74, 6) is 1.68. The Morgan fingerprint density at radius 2 is 2.35 bits per heavy atom. The highest BCUT2D eigenvalue weighted by Gasteiger charge is 2.35. The van der Waals surface area contributed by atoms with E-state index in [0.29, 0.717) is 0 Å². The SMILES string of the molecule is COc1ccc2c(c1)C1NCCS(=O)C1CC2. The molecule has 0 saturated carbocycles. The molecule has 4 heteroatoms. The van der Waals surface area contributed by atoms with E-state index in [2.05, 4.69) is 17.4 Å². The first-order valence-corrected chi connectivity index (χ1v) is 7.45. The van der Waals surface area contributed by atoms with Crippen molar-refractivity contribution in [1.82, 2.24) is 5.32 Å². The lowest BCUT2D eigenvalue weighted by atomic mass is 9.87. The van der Waals surface area contributed by atoms with Gasteiger partial charge < -0.3 is 10.1 Å². The number of hydrogen-bond acceptors (Lipinski definition) is 3. The zero-order valence-corrected chi connectivity index (χ0v) is 10.8. The van der Waals surface area contributed by atoms with Gasteiger partial charge in [-0.2, -0.15) is 0 Å². The van der Waals surface area contributed by atoms with Crippen LogP contribution in [0.15, 0.2) is 18.2 Å². The van der Waals surface area contributed by atoms with Gasteiger partial charge in [0.25, 0.3) is 0 Å². The molecule has 1 heterocycles. The molecule has 1 fully saturated rings. The lowest BCUT2D eigenvalue weighted by Gasteiger charge is -2.37. The van der Waals surface area contributed by atoms with Crippen LogP contribution in [0.3, 0.4) is 0 Å². The van der Waals surface area contributed by atoms with E-state index in [1.165, 1.54) is 11.1 Å². The molecule has 3 unspecified atom stereocenters. The van der Waals surface area contributed by atoms with Crippen LogP contribution in [0.5, 0.6) is 5.75 Å². The van der Waals surface area contributed by atoms with Crippen molar-refractivity contribution in [3.63, 3.8) is 0 Å².